The molecule has 0 unspecified atom stereocenters. The lowest BCUT2D eigenvalue weighted by Crippen LogP contribution is -2.34. The summed E-state index contributed by atoms with van der Waals surface area (Å²) in [5, 5.41) is 0. The molecule has 8 nitrogen and oxygen atoms in total. The molecule has 0 atom stereocenters. The number of ether oxygens (including phenoxy) is 2. The summed E-state index contributed by atoms with van der Waals surface area (Å²) in [6.45, 7) is 0. The van der Waals surface area contributed by atoms with Crippen LogP contribution in [0.4, 0.5) is 11.4 Å². The molecule has 2 aromatic rings. The molecule has 0 aliphatic carbocycles. The van der Waals surface area contributed by atoms with Crippen LogP contribution in [0.25, 0.3) is 0 Å². The number of fused-ring (bicyclic) bond motifs is 2. The Morgan fingerprint density at radius 2 is 1.07 bits per heavy atom. The third-order valence-electron chi connectivity index (χ3n) is 5.35. The van der Waals surface area contributed by atoms with Crippen LogP contribution in [0.15, 0.2) is 36.4 Å². The Balaban J connectivity index is 0.000000171. The molecule has 2 heterocycles. The van der Waals surface area contributed by atoms with Gasteiger partial charge in [-0.05, 0) is 60.4 Å². The van der Waals surface area contributed by atoms with E-state index in [2.05, 4.69) is 0 Å². The van der Waals surface area contributed by atoms with Crippen LogP contribution >= 0.6 is 0 Å². The number of aryl methyl sites for hydroxylation is 2. The van der Waals surface area contributed by atoms with E-state index in [4.69, 9.17) is 9.47 Å². The fraction of sp³-hybridized carbons (Fsp3) is 0.400. The third-order valence-corrected chi connectivity index (χ3v) is 8.85. The van der Waals surface area contributed by atoms with Crippen molar-refractivity contribution in [2.75, 3.05) is 48.4 Å². The highest BCUT2D eigenvalue weighted by Gasteiger charge is 2.27. The Labute approximate surface area is 178 Å². The Hall–Kier alpha value is -2.46. The maximum atomic E-state index is 11.6. The fourth-order valence-corrected chi connectivity index (χ4v) is 5.90. The minimum Gasteiger partial charge on any atom is -0.497 e. The van der Waals surface area contributed by atoms with Crippen molar-refractivity contribution in [1.29, 1.82) is 0 Å². The first-order chi connectivity index (χ1) is 14.1. The van der Waals surface area contributed by atoms with E-state index in [1.807, 2.05) is 12.1 Å². The second kappa shape index (κ2) is 8.35. The number of sulfonamides is 2. The van der Waals surface area contributed by atoms with Crippen LogP contribution in [0.3, 0.4) is 0 Å². The predicted octanol–water partition coefficient (Wildman–Crippen LogP) is 2.03. The molecule has 0 bridgehead atoms. The highest BCUT2D eigenvalue weighted by atomic mass is 32.2. The number of hydrogen-bond acceptors (Lipinski definition) is 6. The molecule has 4 rings (SSSR count). The standard InChI is InChI=1S/2C10H13NO3S/c2*1-11-10-4-3-9(14-2)7-8(10)5-6-15(11,12)13/h2*3-4,7H,5-6H2,1-2H3. The highest BCUT2D eigenvalue weighted by molar-refractivity contribution is 7.93. The summed E-state index contributed by atoms with van der Waals surface area (Å²) in [4.78, 5) is 0. The molecule has 10 heteroatoms. The third kappa shape index (κ3) is 4.34. The van der Waals surface area contributed by atoms with E-state index in [1.165, 1.54) is 8.61 Å². The first-order valence-electron chi connectivity index (χ1n) is 9.36. The van der Waals surface area contributed by atoms with Gasteiger partial charge in [-0.2, -0.15) is 0 Å². The van der Waals surface area contributed by atoms with Gasteiger partial charge in [-0.25, -0.2) is 16.8 Å². The predicted molar refractivity (Wildman–Crippen MR) is 118 cm³/mol. The van der Waals surface area contributed by atoms with Crippen LogP contribution < -0.4 is 18.1 Å². The molecule has 2 aliphatic rings. The van der Waals surface area contributed by atoms with Crippen molar-refractivity contribution in [3.63, 3.8) is 0 Å². The van der Waals surface area contributed by atoms with Crippen LogP contribution in [-0.4, -0.2) is 56.7 Å². The van der Waals surface area contributed by atoms with Crippen LogP contribution in [0.5, 0.6) is 11.5 Å². The summed E-state index contributed by atoms with van der Waals surface area (Å²) in [5.74, 6) is 1.87. The van der Waals surface area contributed by atoms with Gasteiger partial charge in [0.25, 0.3) is 0 Å². The van der Waals surface area contributed by atoms with Gasteiger partial charge in [0.2, 0.25) is 20.0 Å². The molecule has 0 fully saturated rings. The smallest absolute Gasteiger partial charge is 0.235 e. The molecule has 30 heavy (non-hydrogen) atoms. The van der Waals surface area contributed by atoms with E-state index in [0.717, 1.165) is 34.0 Å². The second-order valence-electron chi connectivity index (χ2n) is 7.06. The SMILES string of the molecule is COc1ccc2c(c1)CCS(=O)(=O)N2C.COc1ccc2c(c1)CCS(=O)(=O)N2C. The Bertz CT molecular complexity index is 1050. The normalized spacial score (nSPS) is 18.4. The minimum absolute atomic E-state index is 0.170. The molecular weight excluding hydrogens is 428 g/mol. The summed E-state index contributed by atoms with van der Waals surface area (Å²) in [6.07, 6.45) is 1.11. The van der Waals surface area contributed by atoms with E-state index >= 15 is 0 Å². The van der Waals surface area contributed by atoms with Crippen LogP contribution in [-0.2, 0) is 32.9 Å². The zero-order valence-electron chi connectivity index (χ0n) is 17.5. The number of rotatable bonds is 2. The summed E-state index contributed by atoms with van der Waals surface area (Å²) >= 11 is 0. The molecule has 2 aromatic carbocycles. The Morgan fingerprint density at radius 3 is 1.40 bits per heavy atom. The van der Waals surface area contributed by atoms with Crippen molar-refractivity contribution >= 4 is 31.4 Å². The van der Waals surface area contributed by atoms with Gasteiger partial charge < -0.3 is 9.47 Å². The molecule has 0 N–H and O–H groups in total. The average molecular weight is 455 g/mol. The largest absolute Gasteiger partial charge is 0.497 e. The van der Waals surface area contributed by atoms with Crippen LogP contribution in [0, 0.1) is 0 Å². The number of anilines is 2. The lowest BCUT2D eigenvalue weighted by molar-refractivity contribution is 0.414. The summed E-state index contributed by atoms with van der Waals surface area (Å²) in [5.41, 5.74) is 3.54. The van der Waals surface area contributed by atoms with Crippen molar-refractivity contribution in [1.82, 2.24) is 0 Å². The van der Waals surface area contributed by atoms with Gasteiger partial charge in [-0.1, -0.05) is 0 Å². The van der Waals surface area contributed by atoms with Crippen LogP contribution in [0.1, 0.15) is 11.1 Å². The van der Waals surface area contributed by atoms with Gasteiger partial charge in [-0.15, -0.1) is 0 Å². The van der Waals surface area contributed by atoms with E-state index < -0.39 is 20.0 Å². The Kier molecular flexibility index (Phi) is 6.19. The maximum absolute atomic E-state index is 11.6. The second-order valence-corrected chi connectivity index (χ2v) is 11.3. The zero-order chi connectivity index (χ0) is 22.1. The molecule has 0 saturated heterocycles. The molecular formula is C20H26N2O6S2. The molecule has 0 aromatic heterocycles. The summed E-state index contributed by atoms with van der Waals surface area (Å²) in [7, 11) is 0.167. The number of methoxy groups -OCH3 is 2. The van der Waals surface area contributed by atoms with Crippen molar-refractivity contribution in [2.24, 2.45) is 0 Å². The van der Waals surface area contributed by atoms with Gasteiger partial charge in [0.05, 0.1) is 37.1 Å². The number of hydrogen-bond donors (Lipinski definition) is 0. The lowest BCUT2D eigenvalue weighted by atomic mass is 10.1. The molecule has 0 radical (unpaired) electrons. The van der Waals surface area contributed by atoms with Crippen LogP contribution in [0.2, 0.25) is 0 Å². The first kappa shape index (κ1) is 22.2. The van der Waals surface area contributed by atoms with E-state index in [0.29, 0.717) is 12.8 Å². The van der Waals surface area contributed by atoms with Gasteiger partial charge in [0.15, 0.2) is 0 Å². The average Bonchev–Trinajstić information content (AvgIpc) is 2.74. The zero-order valence-corrected chi connectivity index (χ0v) is 19.1. The molecule has 0 spiro atoms. The molecule has 2 aliphatic heterocycles. The van der Waals surface area contributed by atoms with Crippen molar-refractivity contribution in [3.05, 3.63) is 47.5 Å². The fourth-order valence-electron chi connectivity index (χ4n) is 3.44. The van der Waals surface area contributed by atoms with E-state index in [9.17, 15) is 16.8 Å². The number of benzene rings is 2. The van der Waals surface area contributed by atoms with Crippen molar-refractivity contribution < 1.29 is 26.3 Å². The van der Waals surface area contributed by atoms with E-state index in [1.54, 1.807) is 52.6 Å². The maximum Gasteiger partial charge on any atom is 0.235 e. The Morgan fingerprint density at radius 1 is 0.700 bits per heavy atom. The first-order valence-corrected chi connectivity index (χ1v) is 12.6. The summed E-state index contributed by atoms with van der Waals surface area (Å²) in [6, 6.07) is 10.9. The highest BCUT2D eigenvalue weighted by Crippen LogP contribution is 2.32. The minimum atomic E-state index is -3.10. The van der Waals surface area contributed by atoms with Crippen molar-refractivity contribution in [2.45, 2.75) is 12.8 Å². The van der Waals surface area contributed by atoms with Gasteiger partial charge in [0, 0.05) is 14.1 Å². The lowest BCUT2D eigenvalue weighted by Gasteiger charge is -2.27. The molecule has 0 amide bonds. The quantitative estimate of drug-likeness (QED) is 0.689. The molecule has 0 saturated carbocycles. The van der Waals surface area contributed by atoms with Gasteiger partial charge in [0.1, 0.15) is 11.5 Å². The molecule has 164 valence electrons. The number of nitrogens with zero attached hydrogens (tertiary/aromatic N) is 2. The van der Waals surface area contributed by atoms with Crippen molar-refractivity contribution in [3.8, 4) is 11.5 Å². The summed E-state index contributed by atoms with van der Waals surface area (Å²) < 4.78 is 59.2. The van der Waals surface area contributed by atoms with E-state index in [-0.39, 0.29) is 11.5 Å². The van der Waals surface area contributed by atoms with Gasteiger partial charge in [-0.3, -0.25) is 8.61 Å². The van der Waals surface area contributed by atoms with Gasteiger partial charge >= 0.3 is 0 Å². The monoisotopic (exact) mass is 454 g/mol. The topological polar surface area (TPSA) is 93.2 Å².